The maximum Gasteiger partial charge on any atom is 0.226 e. The van der Waals surface area contributed by atoms with Crippen LogP contribution in [0.5, 0.6) is 0 Å². The lowest BCUT2D eigenvalue weighted by Gasteiger charge is -2.22. The predicted molar refractivity (Wildman–Crippen MR) is 58.9 cm³/mol. The summed E-state index contributed by atoms with van der Waals surface area (Å²) in [6, 6.07) is 0. The predicted octanol–water partition coefficient (Wildman–Crippen LogP) is 1.15. The van der Waals surface area contributed by atoms with Crippen LogP contribution in [0.25, 0.3) is 0 Å². The molecule has 1 N–H and O–H groups in total. The Balaban J connectivity index is 1.66. The minimum absolute atomic E-state index is 0.458. The van der Waals surface area contributed by atoms with Crippen molar-refractivity contribution in [2.75, 3.05) is 19.7 Å². The smallest absolute Gasteiger partial charge is 0.226 e. The first-order chi connectivity index (χ1) is 7.88. The van der Waals surface area contributed by atoms with Gasteiger partial charge in [-0.15, -0.1) is 0 Å². The van der Waals surface area contributed by atoms with Gasteiger partial charge in [0.1, 0.15) is 6.61 Å². The molecule has 1 aliphatic rings. The van der Waals surface area contributed by atoms with Crippen molar-refractivity contribution < 1.29 is 9.26 Å². The summed E-state index contributed by atoms with van der Waals surface area (Å²) in [4.78, 5) is 4.19. The highest BCUT2D eigenvalue weighted by Gasteiger charge is 2.13. The van der Waals surface area contributed by atoms with E-state index in [1.54, 1.807) is 0 Å². The van der Waals surface area contributed by atoms with Crippen molar-refractivity contribution in [3.05, 3.63) is 11.7 Å². The summed E-state index contributed by atoms with van der Waals surface area (Å²) >= 11 is 0. The lowest BCUT2D eigenvalue weighted by atomic mass is 10.0. The number of piperidine rings is 1. The molecule has 0 bridgehead atoms. The zero-order valence-electron chi connectivity index (χ0n) is 9.74. The third-order valence-corrected chi connectivity index (χ3v) is 2.80. The third kappa shape index (κ3) is 3.28. The molecule has 0 radical (unpaired) electrons. The average Bonchev–Trinajstić information content (AvgIpc) is 2.78. The van der Waals surface area contributed by atoms with Gasteiger partial charge in [-0.25, -0.2) is 0 Å². The Morgan fingerprint density at radius 2 is 2.50 bits per heavy atom. The van der Waals surface area contributed by atoms with Gasteiger partial charge in [-0.3, -0.25) is 0 Å². The fourth-order valence-corrected chi connectivity index (χ4v) is 1.88. The van der Waals surface area contributed by atoms with Crippen molar-refractivity contribution in [3.8, 4) is 0 Å². The number of aromatic nitrogens is 2. The molecule has 0 spiro atoms. The van der Waals surface area contributed by atoms with Gasteiger partial charge in [0.25, 0.3) is 0 Å². The van der Waals surface area contributed by atoms with Gasteiger partial charge in [-0.2, -0.15) is 4.98 Å². The zero-order valence-corrected chi connectivity index (χ0v) is 9.74. The first kappa shape index (κ1) is 11.5. The normalized spacial score (nSPS) is 21.2. The highest BCUT2D eigenvalue weighted by atomic mass is 16.5. The minimum atomic E-state index is 0.458. The van der Waals surface area contributed by atoms with Crippen molar-refractivity contribution >= 4 is 0 Å². The van der Waals surface area contributed by atoms with Gasteiger partial charge in [0, 0.05) is 13.0 Å². The first-order valence-electron chi connectivity index (χ1n) is 5.98. The molecule has 1 aromatic rings. The molecule has 0 aromatic carbocycles. The molecule has 0 aliphatic carbocycles. The van der Waals surface area contributed by atoms with Crippen molar-refractivity contribution in [1.29, 1.82) is 0 Å². The summed E-state index contributed by atoms with van der Waals surface area (Å²) < 4.78 is 10.6. The number of hydrogen-bond donors (Lipinski definition) is 1. The van der Waals surface area contributed by atoms with E-state index in [0.29, 0.717) is 24.2 Å². The summed E-state index contributed by atoms with van der Waals surface area (Å²) in [6.45, 7) is 5.43. The molecule has 2 heterocycles. The minimum Gasteiger partial charge on any atom is -0.373 e. The van der Waals surface area contributed by atoms with Gasteiger partial charge in [-0.1, -0.05) is 12.1 Å². The molecule has 5 heteroatoms. The molecule has 2 rings (SSSR count). The van der Waals surface area contributed by atoms with Crippen LogP contribution in [0.15, 0.2) is 4.52 Å². The van der Waals surface area contributed by atoms with Gasteiger partial charge in [0.15, 0.2) is 5.82 Å². The number of aryl methyl sites for hydroxylation is 1. The maximum atomic E-state index is 5.59. The van der Waals surface area contributed by atoms with E-state index >= 15 is 0 Å². The van der Waals surface area contributed by atoms with Crippen LogP contribution in [-0.2, 0) is 17.8 Å². The van der Waals surface area contributed by atoms with Crippen molar-refractivity contribution in [3.63, 3.8) is 0 Å². The van der Waals surface area contributed by atoms with E-state index in [9.17, 15) is 0 Å². The molecule has 0 saturated carbocycles. The Hall–Kier alpha value is -0.940. The van der Waals surface area contributed by atoms with Crippen LogP contribution in [0.4, 0.5) is 0 Å². The Bertz CT molecular complexity index is 308. The lowest BCUT2D eigenvalue weighted by Crippen LogP contribution is -2.32. The second kappa shape index (κ2) is 5.96. The second-order valence-corrected chi connectivity index (χ2v) is 4.19. The van der Waals surface area contributed by atoms with E-state index < -0.39 is 0 Å². The van der Waals surface area contributed by atoms with Crippen LogP contribution in [-0.4, -0.2) is 29.8 Å². The van der Waals surface area contributed by atoms with Crippen molar-refractivity contribution in [1.82, 2.24) is 15.5 Å². The van der Waals surface area contributed by atoms with E-state index in [4.69, 9.17) is 9.26 Å². The average molecular weight is 225 g/mol. The molecular formula is C11H19N3O2. The molecule has 5 nitrogen and oxygen atoms in total. The van der Waals surface area contributed by atoms with Gasteiger partial charge >= 0.3 is 0 Å². The van der Waals surface area contributed by atoms with Gasteiger partial charge in [-0.05, 0) is 25.3 Å². The summed E-state index contributed by atoms with van der Waals surface area (Å²) in [5, 5.41) is 7.21. The van der Waals surface area contributed by atoms with Gasteiger partial charge in [0.2, 0.25) is 5.89 Å². The molecule has 0 unspecified atom stereocenters. The number of nitrogens with one attached hydrogen (secondary N) is 1. The number of hydrogen-bond acceptors (Lipinski definition) is 5. The highest BCUT2D eigenvalue weighted by Crippen LogP contribution is 2.10. The molecule has 16 heavy (non-hydrogen) atoms. The van der Waals surface area contributed by atoms with E-state index in [-0.39, 0.29) is 0 Å². The Morgan fingerprint density at radius 1 is 1.56 bits per heavy atom. The van der Waals surface area contributed by atoms with Crippen LogP contribution in [0, 0.1) is 5.92 Å². The Morgan fingerprint density at radius 3 is 3.19 bits per heavy atom. The second-order valence-electron chi connectivity index (χ2n) is 4.19. The molecule has 1 aromatic heterocycles. The maximum absolute atomic E-state index is 5.59. The summed E-state index contributed by atoms with van der Waals surface area (Å²) in [7, 11) is 0. The number of nitrogens with zero attached hydrogens (tertiary/aromatic N) is 2. The van der Waals surface area contributed by atoms with E-state index in [1.165, 1.54) is 12.8 Å². The number of rotatable bonds is 5. The van der Waals surface area contributed by atoms with Crippen LogP contribution >= 0.6 is 0 Å². The monoisotopic (exact) mass is 225 g/mol. The van der Waals surface area contributed by atoms with Crippen molar-refractivity contribution in [2.45, 2.75) is 32.8 Å². The number of ether oxygens (including phenoxy) is 1. The molecule has 0 amide bonds. The first-order valence-corrected chi connectivity index (χ1v) is 5.98. The van der Waals surface area contributed by atoms with Crippen LogP contribution in [0.2, 0.25) is 0 Å². The zero-order chi connectivity index (χ0) is 11.2. The SMILES string of the molecule is CCc1nc(COC[C@@H]2CCCNC2)no1. The quantitative estimate of drug-likeness (QED) is 0.814. The largest absolute Gasteiger partial charge is 0.373 e. The standard InChI is InChI=1S/C11H19N3O2/c1-2-11-13-10(14-16-11)8-15-7-9-4-3-5-12-6-9/h9,12H,2-8H2,1H3/t9-/m1/s1. The Kier molecular flexibility index (Phi) is 4.30. The summed E-state index contributed by atoms with van der Waals surface area (Å²) in [6.07, 6.45) is 3.27. The topological polar surface area (TPSA) is 60.2 Å². The highest BCUT2D eigenvalue weighted by molar-refractivity contribution is 4.83. The molecule has 1 aliphatic heterocycles. The van der Waals surface area contributed by atoms with Crippen LogP contribution in [0.1, 0.15) is 31.5 Å². The molecule has 1 saturated heterocycles. The van der Waals surface area contributed by atoms with Gasteiger partial charge < -0.3 is 14.6 Å². The summed E-state index contributed by atoms with van der Waals surface area (Å²) in [5.41, 5.74) is 0. The lowest BCUT2D eigenvalue weighted by molar-refractivity contribution is 0.0730. The fourth-order valence-electron chi connectivity index (χ4n) is 1.88. The van der Waals surface area contributed by atoms with Crippen LogP contribution in [0.3, 0.4) is 0 Å². The van der Waals surface area contributed by atoms with E-state index in [2.05, 4.69) is 15.5 Å². The Labute approximate surface area is 95.6 Å². The molecule has 1 fully saturated rings. The molecule has 90 valence electrons. The van der Waals surface area contributed by atoms with E-state index in [1.807, 2.05) is 6.92 Å². The molecule has 1 atom stereocenters. The summed E-state index contributed by atoms with van der Waals surface area (Å²) in [5.74, 6) is 1.96. The third-order valence-electron chi connectivity index (χ3n) is 2.80. The van der Waals surface area contributed by atoms with Crippen LogP contribution < -0.4 is 5.32 Å². The van der Waals surface area contributed by atoms with E-state index in [0.717, 1.165) is 26.1 Å². The molecular weight excluding hydrogens is 206 g/mol. The van der Waals surface area contributed by atoms with Crippen molar-refractivity contribution in [2.24, 2.45) is 5.92 Å². The fraction of sp³-hybridized carbons (Fsp3) is 0.818. The van der Waals surface area contributed by atoms with Gasteiger partial charge in [0.05, 0.1) is 6.61 Å².